The summed E-state index contributed by atoms with van der Waals surface area (Å²) in [7, 11) is 0. The highest BCUT2D eigenvalue weighted by Gasteiger charge is 2.09. The summed E-state index contributed by atoms with van der Waals surface area (Å²) in [6.07, 6.45) is 3.68. The van der Waals surface area contributed by atoms with Crippen LogP contribution >= 0.6 is 0 Å². The topological polar surface area (TPSA) is 63.5 Å². The van der Waals surface area contributed by atoms with E-state index in [2.05, 4.69) is 32.4 Å². The van der Waals surface area contributed by atoms with Crippen molar-refractivity contribution in [1.82, 2.24) is 20.4 Å². The van der Waals surface area contributed by atoms with E-state index in [1.807, 2.05) is 23.9 Å². The van der Waals surface area contributed by atoms with E-state index in [-0.39, 0.29) is 12.3 Å². The van der Waals surface area contributed by atoms with Crippen LogP contribution < -0.4 is 15.4 Å². The lowest BCUT2D eigenvalue weighted by Crippen LogP contribution is -2.40. The maximum atomic E-state index is 12.5. The van der Waals surface area contributed by atoms with Gasteiger partial charge in [-0.05, 0) is 25.0 Å². The highest BCUT2D eigenvalue weighted by molar-refractivity contribution is 5.79. The number of halogens is 2. The second-order valence-corrected chi connectivity index (χ2v) is 5.90. The molecule has 0 spiro atoms. The molecule has 2 rings (SSSR count). The van der Waals surface area contributed by atoms with Crippen LogP contribution in [0.15, 0.2) is 47.7 Å². The number of ether oxygens (including phenoxy) is 1. The number of hydrogen-bond donors (Lipinski definition) is 2. The Balaban J connectivity index is 1.93. The van der Waals surface area contributed by atoms with Gasteiger partial charge < -0.3 is 15.4 Å². The summed E-state index contributed by atoms with van der Waals surface area (Å²) in [5.41, 5.74) is 0.606. The molecule has 0 amide bonds. The average Bonchev–Trinajstić information content (AvgIpc) is 3.11. The molecule has 1 aromatic carbocycles. The van der Waals surface area contributed by atoms with Gasteiger partial charge in [-0.1, -0.05) is 25.1 Å². The first-order valence-corrected chi connectivity index (χ1v) is 8.60. The van der Waals surface area contributed by atoms with Crippen LogP contribution in [0.3, 0.4) is 0 Å². The van der Waals surface area contributed by atoms with Gasteiger partial charge in [0.15, 0.2) is 5.96 Å². The molecule has 0 aliphatic heterocycles. The minimum absolute atomic E-state index is 0.147. The molecule has 0 aliphatic rings. The molecule has 8 heteroatoms. The molecule has 0 saturated carbocycles. The van der Waals surface area contributed by atoms with Gasteiger partial charge in [0.2, 0.25) is 0 Å². The Morgan fingerprint density at radius 2 is 2.08 bits per heavy atom. The number of aromatic nitrogens is 2. The molecule has 0 bridgehead atoms. The van der Waals surface area contributed by atoms with E-state index in [4.69, 9.17) is 0 Å². The monoisotopic (exact) mass is 365 g/mol. The maximum absolute atomic E-state index is 12.5. The van der Waals surface area contributed by atoms with Crippen LogP contribution in [0.2, 0.25) is 0 Å². The molecule has 26 heavy (non-hydrogen) atoms. The second-order valence-electron chi connectivity index (χ2n) is 5.90. The van der Waals surface area contributed by atoms with Crippen LogP contribution in [0.4, 0.5) is 8.78 Å². The molecule has 1 unspecified atom stereocenters. The lowest BCUT2D eigenvalue weighted by molar-refractivity contribution is -0.0504. The van der Waals surface area contributed by atoms with E-state index in [0.717, 1.165) is 6.54 Å². The third-order valence-corrected chi connectivity index (χ3v) is 3.62. The highest BCUT2D eigenvalue weighted by Crippen LogP contribution is 2.20. The number of nitrogens with one attached hydrogen (secondary N) is 2. The predicted octanol–water partition coefficient (Wildman–Crippen LogP) is 2.88. The van der Waals surface area contributed by atoms with E-state index in [1.54, 1.807) is 24.4 Å². The molecule has 2 N–H and O–H groups in total. The highest BCUT2D eigenvalue weighted by atomic mass is 19.3. The van der Waals surface area contributed by atoms with Gasteiger partial charge in [-0.3, -0.25) is 4.68 Å². The van der Waals surface area contributed by atoms with E-state index >= 15 is 0 Å². The summed E-state index contributed by atoms with van der Waals surface area (Å²) in [4.78, 5) is 4.47. The fourth-order valence-corrected chi connectivity index (χ4v) is 2.41. The van der Waals surface area contributed by atoms with Crippen molar-refractivity contribution in [1.29, 1.82) is 0 Å². The van der Waals surface area contributed by atoms with Crippen LogP contribution in [-0.4, -0.2) is 35.4 Å². The Morgan fingerprint density at radius 3 is 2.77 bits per heavy atom. The number of hydrogen-bond acceptors (Lipinski definition) is 3. The summed E-state index contributed by atoms with van der Waals surface area (Å²) in [6, 6.07) is 8.57. The molecule has 0 aliphatic carbocycles. The summed E-state index contributed by atoms with van der Waals surface area (Å²) < 4.78 is 31.4. The number of guanidine groups is 1. The standard InChI is InChI=1S/C18H25F2N5O/c1-3-21-18(22-11-14(2)13-25-10-6-9-24-25)23-12-15-7-4-5-8-16(15)26-17(19)20/h4-10,14,17H,3,11-13H2,1-2H3,(H2,21,22,23). The van der Waals surface area contributed by atoms with Crippen LogP contribution in [0, 0.1) is 5.92 Å². The first-order chi connectivity index (χ1) is 12.6. The van der Waals surface area contributed by atoms with Gasteiger partial charge in [0, 0.05) is 37.6 Å². The van der Waals surface area contributed by atoms with Crippen molar-refractivity contribution in [3.63, 3.8) is 0 Å². The molecule has 0 fully saturated rings. The largest absolute Gasteiger partial charge is 0.434 e. The molecule has 6 nitrogen and oxygen atoms in total. The number of para-hydroxylation sites is 1. The average molecular weight is 365 g/mol. The molecule has 0 saturated heterocycles. The maximum Gasteiger partial charge on any atom is 0.387 e. The second kappa shape index (κ2) is 10.4. The number of rotatable bonds is 9. The molecule has 142 valence electrons. The minimum Gasteiger partial charge on any atom is -0.434 e. The fourth-order valence-electron chi connectivity index (χ4n) is 2.41. The van der Waals surface area contributed by atoms with Crippen molar-refractivity contribution in [2.45, 2.75) is 33.5 Å². The lowest BCUT2D eigenvalue weighted by atomic mass is 10.2. The summed E-state index contributed by atoms with van der Waals surface area (Å²) >= 11 is 0. The lowest BCUT2D eigenvalue weighted by Gasteiger charge is -2.16. The Hall–Kier alpha value is -2.64. The normalized spacial score (nSPS) is 12.9. The van der Waals surface area contributed by atoms with E-state index in [9.17, 15) is 8.78 Å². The van der Waals surface area contributed by atoms with Gasteiger partial charge in [0.05, 0.1) is 6.54 Å². The molecular formula is C18H25F2N5O. The van der Waals surface area contributed by atoms with Crippen LogP contribution in [0.5, 0.6) is 5.75 Å². The molecule has 0 radical (unpaired) electrons. The number of benzene rings is 1. The Bertz CT molecular complexity index is 676. The zero-order valence-electron chi connectivity index (χ0n) is 15.0. The zero-order valence-corrected chi connectivity index (χ0v) is 15.0. The first kappa shape index (κ1) is 19.7. The molecular weight excluding hydrogens is 340 g/mol. The van der Waals surface area contributed by atoms with Crippen LogP contribution in [-0.2, 0) is 13.1 Å². The first-order valence-electron chi connectivity index (χ1n) is 8.60. The molecule has 2 aromatic rings. The van der Waals surface area contributed by atoms with E-state index < -0.39 is 6.61 Å². The summed E-state index contributed by atoms with van der Waals surface area (Å²) in [5, 5.41) is 10.6. The van der Waals surface area contributed by atoms with Gasteiger partial charge in [-0.15, -0.1) is 0 Å². The predicted molar refractivity (Wildman–Crippen MR) is 97.3 cm³/mol. The Morgan fingerprint density at radius 1 is 1.27 bits per heavy atom. The number of alkyl halides is 2. The fraction of sp³-hybridized carbons (Fsp3) is 0.444. The summed E-state index contributed by atoms with van der Waals surface area (Å²) in [5.74, 6) is 1.12. The molecule has 1 atom stereocenters. The van der Waals surface area contributed by atoms with Gasteiger partial charge >= 0.3 is 6.61 Å². The third-order valence-electron chi connectivity index (χ3n) is 3.62. The third kappa shape index (κ3) is 6.70. The van der Waals surface area contributed by atoms with Crippen molar-refractivity contribution >= 4 is 5.96 Å². The van der Waals surface area contributed by atoms with Crippen molar-refractivity contribution in [2.75, 3.05) is 13.1 Å². The van der Waals surface area contributed by atoms with Crippen LogP contribution in [0.25, 0.3) is 0 Å². The smallest absolute Gasteiger partial charge is 0.387 e. The number of aliphatic imine (C=N–C) groups is 1. The Kier molecular flexibility index (Phi) is 7.85. The van der Waals surface area contributed by atoms with Crippen molar-refractivity contribution in [3.8, 4) is 5.75 Å². The quantitative estimate of drug-likeness (QED) is 0.530. The van der Waals surface area contributed by atoms with Crippen molar-refractivity contribution in [3.05, 3.63) is 48.3 Å². The Labute approximate surface area is 152 Å². The SMILES string of the molecule is CCNC(=NCc1ccccc1OC(F)F)NCC(C)Cn1cccn1. The van der Waals surface area contributed by atoms with Gasteiger partial charge in [-0.2, -0.15) is 13.9 Å². The van der Waals surface area contributed by atoms with Gasteiger partial charge in [-0.25, -0.2) is 4.99 Å². The minimum atomic E-state index is -2.85. The molecule has 1 aromatic heterocycles. The van der Waals surface area contributed by atoms with Gasteiger partial charge in [0.25, 0.3) is 0 Å². The van der Waals surface area contributed by atoms with E-state index in [0.29, 0.717) is 30.5 Å². The zero-order chi connectivity index (χ0) is 18.8. The number of nitrogens with zero attached hydrogens (tertiary/aromatic N) is 3. The van der Waals surface area contributed by atoms with Crippen LogP contribution in [0.1, 0.15) is 19.4 Å². The van der Waals surface area contributed by atoms with Gasteiger partial charge in [0.1, 0.15) is 5.75 Å². The van der Waals surface area contributed by atoms with E-state index in [1.165, 1.54) is 6.07 Å². The molecule has 1 heterocycles. The van der Waals surface area contributed by atoms with Crippen molar-refractivity contribution < 1.29 is 13.5 Å². The van der Waals surface area contributed by atoms with Crippen molar-refractivity contribution in [2.24, 2.45) is 10.9 Å². The summed E-state index contributed by atoms with van der Waals surface area (Å²) in [6.45, 7) is 3.68.